The van der Waals surface area contributed by atoms with Gasteiger partial charge in [0.05, 0.1) is 19.3 Å². The maximum atomic E-state index is 12.3. The molecule has 2 rings (SSSR count). The number of hydrogen-bond acceptors (Lipinski definition) is 5. The number of carbonyl (C=O) groups excluding carboxylic acids is 2. The van der Waals surface area contributed by atoms with Crippen LogP contribution in [0.5, 0.6) is 0 Å². The predicted molar refractivity (Wildman–Crippen MR) is 79.5 cm³/mol. The quantitative estimate of drug-likeness (QED) is 0.665. The Morgan fingerprint density at radius 2 is 2.24 bits per heavy atom. The summed E-state index contributed by atoms with van der Waals surface area (Å²) in [5.74, 6) is -0.702. The Morgan fingerprint density at radius 1 is 1.48 bits per heavy atom. The van der Waals surface area contributed by atoms with Crippen LogP contribution < -0.4 is 16.8 Å². The average molecular weight is 292 g/mol. The van der Waals surface area contributed by atoms with Crippen LogP contribution in [0.3, 0.4) is 0 Å². The minimum Gasteiger partial charge on any atom is -0.399 e. The Morgan fingerprint density at radius 3 is 2.90 bits per heavy atom. The Labute approximate surface area is 123 Å². The number of morpholine rings is 1. The number of hydrogen-bond donors (Lipinski definition) is 3. The van der Waals surface area contributed by atoms with Crippen molar-refractivity contribution in [3.63, 3.8) is 0 Å². The maximum absolute atomic E-state index is 12.3. The smallest absolute Gasteiger partial charge is 0.241 e. The number of primary amides is 1. The molecule has 1 saturated heterocycles. The molecular formula is C14H20N4O3. The highest BCUT2D eigenvalue weighted by Crippen LogP contribution is 2.15. The molecule has 7 heteroatoms. The van der Waals surface area contributed by atoms with E-state index in [0.29, 0.717) is 24.5 Å². The lowest BCUT2D eigenvalue weighted by Gasteiger charge is -2.37. The van der Waals surface area contributed by atoms with E-state index in [1.54, 1.807) is 36.1 Å². The normalized spacial score (nSPS) is 20.7. The maximum Gasteiger partial charge on any atom is 0.241 e. The van der Waals surface area contributed by atoms with E-state index >= 15 is 0 Å². The molecule has 0 saturated carbocycles. The van der Waals surface area contributed by atoms with Gasteiger partial charge >= 0.3 is 0 Å². The Bertz CT molecular complexity index is 535. The van der Waals surface area contributed by atoms with Crippen LogP contribution in [0.1, 0.15) is 6.92 Å². The van der Waals surface area contributed by atoms with Crippen LogP contribution >= 0.6 is 0 Å². The summed E-state index contributed by atoms with van der Waals surface area (Å²) in [6.07, 6.45) is 0. The molecule has 0 aromatic heterocycles. The van der Waals surface area contributed by atoms with E-state index in [4.69, 9.17) is 16.2 Å². The summed E-state index contributed by atoms with van der Waals surface area (Å²) in [7, 11) is 0. The van der Waals surface area contributed by atoms with Crippen molar-refractivity contribution in [3.05, 3.63) is 24.3 Å². The molecule has 0 spiro atoms. The minimum atomic E-state index is -0.583. The second-order valence-electron chi connectivity index (χ2n) is 5.02. The van der Waals surface area contributed by atoms with Gasteiger partial charge in [-0.05, 0) is 25.1 Å². The van der Waals surface area contributed by atoms with E-state index in [-0.39, 0.29) is 12.5 Å². The lowest BCUT2D eigenvalue weighted by Crippen LogP contribution is -2.58. The van der Waals surface area contributed by atoms with Crippen molar-refractivity contribution in [2.75, 3.05) is 30.8 Å². The summed E-state index contributed by atoms with van der Waals surface area (Å²) >= 11 is 0. The SMILES string of the molecule is CC(C(=O)Nc1cccc(N)c1)N1CCOCC1C(N)=O. The first-order valence-electron chi connectivity index (χ1n) is 6.78. The molecule has 0 bridgehead atoms. The van der Waals surface area contributed by atoms with Crippen LogP contribution in [0.25, 0.3) is 0 Å². The number of carbonyl (C=O) groups is 2. The lowest BCUT2D eigenvalue weighted by atomic mass is 10.1. The average Bonchev–Trinajstić information content (AvgIpc) is 2.46. The molecule has 2 atom stereocenters. The second kappa shape index (κ2) is 6.55. The van der Waals surface area contributed by atoms with Crippen LogP contribution in [0, 0.1) is 0 Å². The van der Waals surface area contributed by atoms with E-state index < -0.39 is 18.0 Å². The van der Waals surface area contributed by atoms with Gasteiger partial charge in [-0.2, -0.15) is 0 Å². The molecule has 1 heterocycles. The summed E-state index contributed by atoms with van der Waals surface area (Å²) in [4.78, 5) is 25.5. The third-order valence-electron chi connectivity index (χ3n) is 3.53. The van der Waals surface area contributed by atoms with Crippen LogP contribution in [0.4, 0.5) is 11.4 Å². The lowest BCUT2D eigenvalue weighted by molar-refractivity contribution is -0.135. The molecule has 21 heavy (non-hydrogen) atoms. The largest absolute Gasteiger partial charge is 0.399 e. The monoisotopic (exact) mass is 292 g/mol. The first kappa shape index (κ1) is 15.3. The van der Waals surface area contributed by atoms with E-state index in [1.807, 2.05) is 0 Å². The van der Waals surface area contributed by atoms with Crippen molar-refractivity contribution in [1.82, 2.24) is 4.90 Å². The molecule has 1 aliphatic rings. The van der Waals surface area contributed by atoms with E-state index in [9.17, 15) is 9.59 Å². The van der Waals surface area contributed by atoms with Crippen molar-refractivity contribution in [2.24, 2.45) is 5.73 Å². The van der Waals surface area contributed by atoms with Crippen LogP contribution in [-0.4, -0.2) is 48.6 Å². The summed E-state index contributed by atoms with van der Waals surface area (Å²) in [5.41, 5.74) is 12.2. The van der Waals surface area contributed by atoms with Crippen molar-refractivity contribution < 1.29 is 14.3 Å². The highest BCUT2D eigenvalue weighted by atomic mass is 16.5. The van der Waals surface area contributed by atoms with Crippen LogP contribution in [0.2, 0.25) is 0 Å². The number of nitrogens with zero attached hydrogens (tertiary/aromatic N) is 1. The van der Waals surface area contributed by atoms with Crippen molar-refractivity contribution >= 4 is 23.2 Å². The van der Waals surface area contributed by atoms with Gasteiger partial charge in [-0.3, -0.25) is 14.5 Å². The topological polar surface area (TPSA) is 111 Å². The van der Waals surface area contributed by atoms with Crippen molar-refractivity contribution in [2.45, 2.75) is 19.0 Å². The third kappa shape index (κ3) is 3.71. The molecule has 5 N–H and O–H groups in total. The number of nitrogen functional groups attached to an aromatic ring is 1. The zero-order valence-electron chi connectivity index (χ0n) is 11.9. The zero-order chi connectivity index (χ0) is 15.4. The van der Waals surface area contributed by atoms with Gasteiger partial charge in [0.15, 0.2) is 0 Å². The number of anilines is 2. The highest BCUT2D eigenvalue weighted by Gasteiger charge is 2.34. The number of nitrogens with two attached hydrogens (primary N) is 2. The molecular weight excluding hydrogens is 272 g/mol. The first-order chi connectivity index (χ1) is 9.99. The molecule has 0 radical (unpaired) electrons. The molecule has 114 valence electrons. The fourth-order valence-corrected chi connectivity index (χ4v) is 2.34. The molecule has 1 aromatic rings. The summed E-state index contributed by atoms with van der Waals surface area (Å²) in [5, 5.41) is 2.79. The van der Waals surface area contributed by atoms with E-state index in [2.05, 4.69) is 5.32 Å². The number of nitrogens with one attached hydrogen (secondary N) is 1. The molecule has 7 nitrogen and oxygen atoms in total. The minimum absolute atomic E-state index is 0.214. The van der Waals surface area contributed by atoms with E-state index in [1.165, 1.54) is 0 Å². The van der Waals surface area contributed by atoms with E-state index in [0.717, 1.165) is 0 Å². The highest BCUT2D eigenvalue weighted by molar-refractivity contribution is 5.95. The number of rotatable bonds is 4. The van der Waals surface area contributed by atoms with Crippen LogP contribution in [0.15, 0.2) is 24.3 Å². The van der Waals surface area contributed by atoms with Crippen molar-refractivity contribution in [3.8, 4) is 0 Å². The Kier molecular flexibility index (Phi) is 4.77. The van der Waals surface area contributed by atoms with Gasteiger partial charge in [-0.15, -0.1) is 0 Å². The fourth-order valence-electron chi connectivity index (χ4n) is 2.34. The Balaban J connectivity index is 2.05. The number of amides is 2. The molecule has 2 unspecified atom stereocenters. The van der Waals surface area contributed by atoms with Crippen LogP contribution in [-0.2, 0) is 14.3 Å². The summed E-state index contributed by atoms with van der Waals surface area (Å²) < 4.78 is 5.25. The van der Waals surface area contributed by atoms with Gasteiger partial charge < -0.3 is 21.5 Å². The summed E-state index contributed by atoms with van der Waals surface area (Å²) in [6.45, 7) is 2.91. The van der Waals surface area contributed by atoms with Gasteiger partial charge in [0.1, 0.15) is 6.04 Å². The predicted octanol–water partition coefficient (Wildman–Crippen LogP) is -0.218. The molecule has 0 aliphatic carbocycles. The number of ether oxygens (including phenoxy) is 1. The van der Waals surface area contributed by atoms with Crippen molar-refractivity contribution in [1.29, 1.82) is 0 Å². The number of benzene rings is 1. The van der Waals surface area contributed by atoms with Gasteiger partial charge in [-0.1, -0.05) is 6.07 Å². The molecule has 2 amide bonds. The second-order valence-corrected chi connectivity index (χ2v) is 5.02. The van der Waals surface area contributed by atoms with Gasteiger partial charge in [0, 0.05) is 17.9 Å². The van der Waals surface area contributed by atoms with Gasteiger partial charge in [0.25, 0.3) is 0 Å². The standard InChI is InChI=1S/C14H20N4O3/c1-9(18-5-6-21-8-12(18)13(16)19)14(20)17-11-4-2-3-10(15)7-11/h2-4,7,9,12H,5-6,8,15H2,1H3,(H2,16,19)(H,17,20). The zero-order valence-corrected chi connectivity index (χ0v) is 11.9. The van der Waals surface area contributed by atoms with Gasteiger partial charge in [0.2, 0.25) is 11.8 Å². The molecule has 1 aliphatic heterocycles. The molecule has 1 fully saturated rings. The fraction of sp³-hybridized carbons (Fsp3) is 0.429. The first-order valence-corrected chi connectivity index (χ1v) is 6.78. The molecule has 1 aromatic carbocycles. The Hall–Kier alpha value is -2.12. The third-order valence-corrected chi connectivity index (χ3v) is 3.53. The van der Waals surface area contributed by atoms with Gasteiger partial charge in [-0.25, -0.2) is 0 Å². The summed E-state index contributed by atoms with van der Waals surface area (Å²) in [6, 6.07) is 5.86.